The van der Waals surface area contributed by atoms with E-state index in [-0.39, 0.29) is 18.3 Å². The molecule has 2 unspecified atom stereocenters. The minimum Gasteiger partial charge on any atom is -0.396 e. The normalized spacial score (nSPS) is 27.4. The Labute approximate surface area is 106 Å². The van der Waals surface area contributed by atoms with Crippen molar-refractivity contribution in [1.82, 2.24) is 0 Å². The van der Waals surface area contributed by atoms with Gasteiger partial charge in [-0.3, -0.25) is 4.79 Å². The van der Waals surface area contributed by atoms with Crippen molar-refractivity contribution in [3.05, 3.63) is 41.5 Å². The van der Waals surface area contributed by atoms with E-state index in [1.54, 1.807) is 0 Å². The highest BCUT2D eigenvalue weighted by atomic mass is 35.5. The average Bonchev–Trinajstić information content (AvgIpc) is 2.36. The van der Waals surface area contributed by atoms with E-state index in [2.05, 4.69) is 0 Å². The minimum absolute atomic E-state index is 0.000203. The van der Waals surface area contributed by atoms with Crippen LogP contribution in [-0.4, -0.2) is 22.9 Å². The molecule has 1 aromatic rings. The van der Waals surface area contributed by atoms with E-state index in [9.17, 15) is 9.90 Å². The smallest absolute Gasteiger partial charge is 0.176 e. The lowest BCUT2D eigenvalue weighted by atomic mass is 9.84. The summed E-state index contributed by atoms with van der Waals surface area (Å²) in [7, 11) is 0. The Morgan fingerprint density at radius 1 is 1.35 bits per heavy atom. The van der Waals surface area contributed by atoms with Gasteiger partial charge in [0.25, 0.3) is 0 Å². The number of carbonyl (C=O) groups excluding carboxylic acids is 1. The first-order chi connectivity index (χ1) is 8.20. The van der Waals surface area contributed by atoms with Gasteiger partial charge in [-0.1, -0.05) is 30.3 Å². The Morgan fingerprint density at radius 3 is 2.71 bits per heavy atom. The second-order valence-corrected chi connectivity index (χ2v) is 4.93. The molecule has 2 rings (SSSR count). The number of aliphatic hydroxyl groups is 1. The monoisotopic (exact) mass is 250 g/mol. The Bertz CT molecular complexity index is 425. The van der Waals surface area contributed by atoms with Crippen LogP contribution in [0.2, 0.25) is 0 Å². The van der Waals surface area contributed by atoms with Crippen LogP contribution in [0, 0.1) is 5.92 Å². The first-order valence-electron chi connectivity index (χ1n) is 5.75. The number of benzene rings is 1. The largest absolute Gasteiger partial charge is 0.396 e. The van der Waals surface area contributed by atoms with Crippen molar-refractivity contribution in [3.8, 4) is 0 Å². The Morgan fingerprint density at radius 2 is 2.06 bits per heavy atom. The highest BCUT2D eigenvalue weighted by Gasteiger charge is 2.30. The molecule has 2 atom stereocenters. The van der Waals surface area contributed by atoms with Gasteiger partial charge in [-0.25, -0.2) is 0 Å². The fourth-order valence-electron chi connectivity index (χ4n) is 2.12. The number of allylic oxidation sites excluding steroid dienone is 1. The third-order valence-corrected chi connectivity index (χ3v) is 3.42. The van der Waals surface area contributed by atoms with E-state index in [0.717, 1.165) is 11.1 Å². The van der Waals surface area contributed by atoms with Gasteiger partial charge >= 0.3 is 0 Å². The summed E-state index contributed by atoms with van der Waals surface area (Å²) in [6.45, 7) is 0.0859. The third-order valence-electron chi connectivity index (χ3n) is 3.05. The van der Waals surface area contributed by atoms with Crippen molar-refractivity contribution in [1.29, 1.82) is 0 Å². The number of rotatable bonds is 2. The van der Waals surface area contributed by atoms with Crippen molar-refractivity contribution < 1.29 is 9.90 Å². The number of halogens is 1. The summed E-state index contributed by atoms with van der Waals surface area (Å²) in [5, 5.41) is 8.69. The number of aliphatic hydroxyl groups excluding tert-OH is 1. The van der Waals surface area contributed by atoms with Gasteiger partial charge in [0.15, 0.2) is 5.78 Å². The van der Waals surface area contributed by atoms with Crippen LogP contribution in [0.1, 0.15) is 18.4 Å². The minimum atomic E-state index is -0.490. The molecule has 1 N–H and O–H groups in total. The summed E-state index contributed by atoms with van der Waals surface area (Å²) in [4.78, 5) is 11.9. The summed E-state index contributed by atoms with van der Waals surface area (Å²) in [6.07, 6.45) is 3.07. The summed E-state index contributed by atoms with van der Waals surface area (Å²) in [5.74, 6) is 0.102. The van der Waals surface area contributed by atoms with E-state index < -0.39 is 5.38 Å². The number of Topliss-reactive ketones (excluding diaryl/α,β-unsaturated/α-hetero) is 1. The maximum atomic E-state index is 11.9. The first kappa shape index (κ1) is 12.3. The summed E-state index contributed by atoms with van der Waals surface area (Å²) in [5.41, 5.74) is 1.72. The molecular formula is C14H15ClO2. The summed E-state index contributed by atoms with van der Waals surface area (Å²) in [6, 6.07) is 9.70. The Kier molecular flexibility index (Phi) is 3.97. The maximum absolute atomic E-state index is 11.9. The van der Waals surface area contributed by atoms with Crippen molar-refractivity contribution in [2.75, 3.05) is 6.61 Å². The van der Waals surface area contributed by atoms with Crippen LogP contribution in [0.4, 0.5) is 0 Å². The topological polar surface area (TPSA) is 37.3 Å². The van der Waals surface area contributed by atoms with Gasteiger partial charge in [-0.05, 0) is 36.0 Å². The van der Waals surface area contributed by atoms with E-state index in [1.165, 1.54) is 0 Å². The van der Waals surface area contributed by atoms with Crippen LogP contribution in [-0.2, 0) is 4.79 Å². The number of hydrogen-bond donors (Lipinski definition) is 1. The molecule has 1 aromatic carbocycles. The molecule has 0 aliphatic heterocycles. The van der Waals surface area contributed by atoms with Crippen LogP contribution in [0.15, 0.2) is 35.9 Å². The molecule has 0 spiro atoms. The lowest BCUT2D eigenvalue weighted by molar-refractivity contribution is -0.116. The molecule has 3 heteroatoms. The number of carbonyl (C=O) groups is 1. The second-order valence-electron chi connectivity index (χ2n) is 4.40. The SMILES string of the molecule is O=C1C(=Cc2ccccc2)CC(CO)CC1Cl. The van der Waals surface area contributed by atoms with Gasteiger partial charge in [0, 0.05) is 6.61 Å². The van der Waals surface area contributed by atoms with Gasteiger partial charge in [-0.2, -0.15) is 0 Å². The quantitative estimate of drug-likeness (QED) is 0.647. The van der Waals surface area contributed by atoms with Gasteiger partial charge in [0.05, 0.1) is 5.38 Å². The Hall–Kier alpha value is -1.12. The van der Waals surface area contributed by atoms with Crippen LogP contribution < -0.4 is 0 Å². The van der Waals surface area contributed by atoms with Gasteiger partial charge in [0.1, 0.15) is 0 Å². The van der Waals surface area contributed by atoms with Crippen LogP contribution in [0.5, 0.6) is 0 Å². The predicted molar refractivity (Wildman–Crippen MR) is 68.9 cm³/mol. The van der Waals surface area contributed by atoms with E-state index in [0.29, 0.717) is 12.8 Å². The molecule has 0 amide bonds. The summed E-state index contributed by atoms with van der Waals surface area (Å²) >= 11 is 6.00. The highest BCUT2D eigenvalue weighted by molar-refractivity contribution is 6.34. The zero-order valence-corrected chi connectivity index (χ0v) is 10.2. The van der Waals surface area contributed by atoms with E-state index in [4.69, 9.17) is 11.6 Å². The van der Waals surface area contributed by atoms with Gasteiger partial charge in [-0.15, -0.1) is 11.6 Å². The number of hydrogen-bond acceptors (Lipinski definition) is 2. The second kappa shape index (κ2) is 5.48. The molecule has 2 nitrogen and oxygen atoms in total. The number of alkyl halides is 1. The fraction of sp³-hybridized carbons (Fsp3) is 0.357. The lowest BCUT2D eigenvalue weighted by Crippen LogP contribution is -2.29. The van der Waals surface area contributed by atoms with Crippen LogP contribution in [0.25, 0.3) is 6.08 Å². The van der Waals surface area contributed by atoms with Crippen LogP contribution >= 0.6 is 11.6 Å². The zero-order chi connectivity index (χ0) is 12.3. The molecule has 1 fully saturated rings. The highest BCUT2D eigenvalue weighted by Crippen LogP contribution is 2.30. The van der Waals surface area contributed by atoms with E-state index in [1.807, 2.05) is 36.4 Å². The van der Waals surface area contributed by atoms with Crippen molar-refractivity contribution in [2.45, 2.75) is 18.2 Å². The number of ketones is 1. The van der Waals surface area contributed by atoms with Gasteiger partial charge in [0.2, 0.25) is 0 Å². The van der Waals surface area contributed by atoms with Crippen molar-refractivity contribution >= 4 is 23.5 Å². The Balaban J connectivity index is 2.24. The standard InChI is InChI=1S/C14H15ClO2/c15-13-8-11(9-16)7-12(14(13)17)6-10-4-2-1-3-5-10/h1-6,11,13,16H,7-9H2. The predicted octanol–water partition coefficient (Wildman–Crippen LogP) is 2.65. The molecule has 0 bridgehead atoms. The van der Waals surface area contributed by atoms with E-state index >= 15 is 0 Å². The van der Waals surface area contributed by atoms with Crippen LogP contribution in [0.3, 0.4) is 0 Å². The van der Waals surface area contributed by atoms with Gasteiger partial charge < -0.3 is 5.11 Å². The molecule has 1 aliphatic rings. The molecule has 1 saturated carbocycles. The lowest BCUT2D eigenvalue weighted by Gasteiger charge is -2.25. The first-order valence-corrected chi connectivity index (χ1v) is 6.19. The van der Waals surface area contributed by atoms with Crippen molar-refractivity contribution in [2.24, 2.45) is 5.92 Å². The molecule has 0 radical (unpaired) electrons. The summed E-state index contributed by atoms with van der Waals surface area (Å²) < 4.78 is 0. The molecule has 17 heavy (non-hydrogen) atoms. The molecule has 0 saturated heterocycles. The molecule has 0 heterocycles. The average molecular weight is 251 g/mol. The third kappa shape index (κ3) is 2.96. The molecule has 1 aliphatic carbocycles. The molecular weight excluding hydrogens is 236 g/mol. The zero-order valence-electron chi connectivity index (χ0n) is 9.47. The molecule has 90 valence electrons. The van der Waals surface area contributed by atoms with Crippen molar-refractivity contribution in [3.63, 3.8) is 0 Å². The fourth-order valence-corrected chi connectivity index (χ4v) is 2.51. The molecule has 0 aromatic heterocycles. The maximum Gasteiger partial charge on any atom is 0.176 e.